The van der Waals surface area contributed by atoms with E-state index >= 15 is 0 Å². The Morgan fingerprint density at radius 1 is 1.32 bits per heavy atom. The third-order valence-corrected chi connectivity index (χ3v) is 4.40. The van der Waals surface area contributed by atoms with Gasteiger partial charge in [-0.15, -0.1) is 0 Å². The average molecular weight is 281 g/mol. The van der Waals surface area contributed by atoms with E-state index in [1.165, 1.54) is 31.4 Å². The summed E-state index contributed by atoms with van der Waals surface area (Å²) in [5.74, 6) is 0. The molecule has 0 aromatic heterocycles. The van der Waals surface area contributed by atoms with Gasteiger partial charge in [0.2, 0.25) is 0 Å². The van der Waals surface area contributed by atoms with E-state index in [1.54, 1.807) is 0 Å². The van der Waals surface area contributed by atoms with Crippen LogP contribution >= 0.6 is 11.6 Å². The van der Waals surface area contributed by atoms with Gasteiger partial charge in [0.25, 0.3) is 0 Å². The van der Waals surface area contributed by atoms with Gasteiger partial charge < -0.3 is 5.73 Å². The van der Waals surface area contributed by atoms with Crippen LogP contribution in [0.25, 0.3) is 0 Å². The molecule has 3 heteroatoms. The van der Waals surface area contributed by atoms with E-state index in [0.29, 0.717) is 12.1 Å². The van der Waals surface area contributed by atoms with Crippen LogP contribution in [-0.2, 0) is 6.54 Å². The fourth-order valence-corrected chi connectivity index (χ4v) is 3.00. The van der Waals surface area contributed by atoms with Crippen molar-refractivity contribution in [1.29, 1.82) is 0 Å². The smallest absolute Gasteiger partial charge is 0.0406 e. The first-order valence-electron chi connectivity index (χ1n) is 7.43. The molecule has 2 atom stereocenters. The van der Waals surface area contributed by atoms with Crippen molar-refractivity contribution in [3.63, 3.8) is 0 Å². The van der Waals surface area contributed by atoms with E-state index < -0.39 is 0 Å². The van der Waals surface area contributed by atoms with Crippen LogP contribution < -0.4 is 5.73 Å². The van der Waals surface area contributed by atoms with Gasteiger partial charge in [-0.25, -0.2) is 0 Å². The molecular formula is C16H25ClN2. The van der Waals surface area contributed by atoms with E-state index in [1.807, 2.05) is 12.1 Å². The molecule has 2 rings (SSSR count). The van der Waals surface area contributed by atoms with Crippen molar-refractivity contribution in [2.75, 3.05) is 6.54 Å². The minimum atomic E-state index is 0.343. The number of halogens is 1. The summed E-state index contributed by atoms with van der Waals surface area (Å²) in [4.78, 5) is 2.60. The lowest BCUT2D eigenvalue weighted by Crippen LogP contribution is -2.42. The van der Waals surface area contributed by atoms with E-state index in [4.69, 9.17) is 17.3 Å². The average Bonchev–Trinajstić information content (AvgIpc) is 2.43. The normalized spacial score (nSPS) is 22.4. The fourth-order valence-electron chi connectivity index (χ4n) is 2.88. The van der Waals surface area contributed by atoms with Crippen molar-refractivity contribution >= 4 is 11.6 Å². The maximum Gasteiger partial charge on any atom is 0.0406 e. The minimum absolute atomic E-state index is 0.343. The highest BCUT2D eigenvalue weighted by Gasteiger charge is 2.23. The van der Waals surface area contributed by atoms with Crippen molar-refractivity contribution in [1.82, 2.24) is 4.90 Å². The zero-order valence-electron chi connectivity index (χ0n) is 11.8. The number of hydrogen-bond donors (Lipinski definition) is 1. The second kappa shape index (κ2) is 7.28. The maximum atomic E-state index is 6.14. The largest absolute Gasteiger partial charge is 0.328 e. The summed E-state index contributed by atoms with van der Waals surface area (Å²) < 4.78 is 0. The Bertz CT molecular complexity index is 377. The molecule has 2 nitrogen and oxygen atoms in total. The molecule has 1 aromatic rings. The standard InChI is InChI=1S/C16H25ClN2/c1-2-15(18)11-16-5-3-4-10-19(16)12-13-6-8-14(17)9-7-13/h6-9,15-16H,2-5,10-12,18H2,1H3. The van der Waals surface area contributed by atoms with Crippen molar-refractivity contribution in [2.45, 2.75) is 57.7 Å². The van der Waals surface area contributed by atoms with E-state index in [2.05, 4.69) is 24.0 Å². The third-order valence-electron chi connectivity index (χ3n) is 4.15. The van der Waals surface area contributed by atoms with Crippen molar-refractivity contribution in [3.05, 3.63) is 34.9 Å². The van der Waals surface area contributed by atoms with Gasteiger partial charge in [0, 0.05) is 23.7 Å². The highest BCUT2D eigenvalue weighted by Crippen LogP contribution is 2.23. The summed E-state index contributed by atoms with van der Waals surface area (Å²) in [5.41, 5.74) is 7.48. The molecule has 1 saturated heterocycles. The Balaban J connectivity index is 1.97. The number of nitrogens with zero attached hydrogens (tertiary/aromatic N) is 1. The summed E-state index contributed by atoms with van der Waals surface area (Å²) >= 11 is 5.94. The number of nitrogens with two attached hydrogens (primary N) is 1. The Hall–Kier alpha value is -0.570. The molecule has 19 heavy (non-hydrogen) atoms. The monoisotopic (exact) mass is 280 g/mol. The van der Waals surface area contributed by atoms with Gasteiger partial charge in [0.05, 0.1) is 0 Å². The number of benzene rings is 1. The second-order valence-corrected chi connectivity index (χ2v) is 6.09. The molecule has 1 aliphatic rings. The second-order valence-electron chi connectivity index (χ2n) is 5.65. The predicted octanol–water partition coefficient (Wildman–Crippen LogP) is 3.82. The molecule has 2 N–H and O–H groups in total. The van der Waals surface area contributed by atoms with Crippen LogP contribution in [-0.4, -0.2) is 23.5 Å². The molecule has 106 valence electrons. The van der Waals surface area contributed by atoms with Gasteiger partial charge >= 0.3 is 0 Å². The number of hydrogen-bond acceptors (Lipinski definition) is 2. The van der Waals surface area contributed by atoms with Gasteiger partial charge in [0.15, 0.2) is 0 Å². The van der Waals surface area contributed by atoms with Gasteiger partial charge in [-0.2, -0.15) is 0 Å². The molecule has 0 aliphatic carbocycles. The van der Waals surface area contributed by atoms with Crippen molar-refractivity contribution in [3.8, 4) is 0 Å². The number of rotatable bonds is 5. The van der Waals surface area contributed by atoms with Gasteiger partial charge in [0.1, 0.15) is 0 Å². The quantitative estimate of drug-likeness (QED) is 0.888. The first kappa shape index (κ1) is 14.8. The lowest BCUT2D eigenvalue weighted by molar-refractivity contribution is 0.126. The summed E-state index contributed by atoms with van der Waals surface area (Å²) in [6.07, 6.45) is 6.15. The van der Waals surface area contributed by atoms with Crippen LogP contribution in [0.3, 0.4) is 0 Å². The molecule has 0 radical (unpaired) electrons. The highest BCUT2D eigenvalue weighted by atomic mass is 35.5. The van der Waals surface area contributed by atoms with E-state index in [0.717, 1.165) is 24.4 Å². The lowest BCUT2D eigenvalue weighted by Gasteiger charge is -2.37. The van der Waals surface area contributed by atoms with Gasteiger partial charge in [-0.3, -0.25) is 4.90 Å². The summed E-state index contributed by atoms with van der Waals surface area (Å²) in [5, 5.41) is 0.812. The zero-order chi connectivity index (χ0) is 13.7. The van der Waals surface area contributed by atoms with Crippen LogP contribution in [0.5, 0.6) is 0 Å². The summed E-state index contributed by atoms with van der Waals surface area (Å²) in [7, 11) is 0. The first-order valence-corrected chi connectivity index (χ1v) is 7.81. The molecule has 1 fully saturated rings. The molecule has 0 bridgehead atoms. The topological polar surface area (TPSA) is 29.3 Å². The maximum absolute atomic E-state index is 6.14. The highest BCUT2D eigenvalue weighted by molar-refractivity contribution is 6.30. The van der Waals surface area contributed by atoms with Gasteiger partial charge in [-0.1, -0.05) is 37.1 Å². The summed E-state index contributed by atoms with van der Waals surface area (Å²) in [6.45, 7) is 4.40. The Kier molecular flexibility index (Phi) is 5.68. The molecule has 1 aliphatic heterocycles. The Labute approximate surface area is 121 Å². The first-order chi connectivity index (χ1) is 9.19. The van der Waals surface area contributed by atoms with Crippen LogP contribution in [0.1, 0.15) is 44.6 Å². The molecule has 2 unspecified atom stereocenters. The van der Waals surface area contributed by atoms with E-state index in [9.17, 15) is 0 Å². The van der Waals surface area contributed by atoms with Crippen LogP contribution in [0, 0.1) is 0 Å². The van der Waals surface area contributed by atoms with Crippen LogP contribution in [0.2, 0.25) is 5.02 Å². The third kappa shape index (κ3) is 4.48. The SMILES string of the molecule is CCC(N)CC1CCCCN1Cc1ccc(Cl)cc1. The minimum Gasteiger partial charge on any atom is -0.328 e. The number of likely N-dealkylation sites (tertiary alicyclic amines) is 1. The van der Waals surface area contributed by atoms with E-state index in [-0.39, 0.29) is 0 Å². The Morgan fingerprint density at radius 3 is 2.74 bits per heavy atom. The Morgan fingerprint density at radius 2 is 2.05 bits per heavy atom. The lowest BCUT2D eigenvalue weighted by atomic mass is 9.94. The molecule has 0 saturated carbocycles. The molecule has 1 heterocycles. The fraction of sp³-hybridized carbons (Fsp3) is 0.625. The molecule has 0 spiro atoms. The predicted molar refractivity (Wildman–Crippen MR) is 82.4 cm³/mol. The van der Waals surface area contributed by atoms with Crippen molar-refractivity contribution in [2.24, 2.45) is 5.73 Å². The molecule has 1 aromatic carbocycles. The van der Waals surface area contributed by atoms with Crippen LogP contribution in [0.15, 0.2) is 24.3 Å². The summed E-state index contributed by atoms with van der Waals surface area (Å²) in [6, 6.07) is 9.22. The van der Waals surface area contributed by atoms with Crippen LogP contribution in [0.4, 0.5) is 0 Å². The molecular weight excluding hydrogens is 256 g/mol. The number of piperidine rings is 1. The van der Waals surface area contributed by atoms with Gasteiger partial charge in [-0.05, 0) is 49.9 Å². The molecule has 0 amide bonds. The zero-order valence-corrected chi connectivity index (χ0v) is 12.6. The van der Waals surface area contributed by atoms with Crippen molar-refractivity contribution < 1.29 is 0 Å².